The van der Waals surface area contributed by atoms with E-state index in [1.807, 2.05) is 56.3 Å². The van der Waals surface area contributed by atoms with Gasteiger partial charge in [-0.25, -0.2) is 9.67 Å². The number of hydrogen-bond donors (Lipinski definition) is 2. The number of nitrogens with zero attached hydrogens (tertiary/aromatic N) is 3. The summed E-state index contributed by atoms with van der Waals surface area (Å²) in [5, 5.41) is 10.8. The average molecular weight is 431 g/mol. The van der Waals surface area contributed by atoms with Gasteiger partial charge in [0, 0.05) is 24.6 Å². The molecule has 0 radical (unpaired) electrons. The molecule has 8 nitrogen and oxygen atoms in total. The Labute approximate surface area is 185 Å². The summed E-state index contributed by atoms with van der Waals surface area (Å²) in [5.41, 5.74) is 2.66. The molecule has 164 valence electrons. The van der Waals surface area contributed by atoms with Crippen LogP contribution in [0.2, 0.25) is 0 Å². The normalized spacial score (nSPS) is 11.1. The first-order valence-corrected chi connectivity index (χ1v) is 10.5. The van der Waals surface area contributed by atoms with Crippen LogP contribution in [0.5, 0.6) is 0 Å². The van der Waals surface area contributed by atoms with Crippen LogP contribution in [0.25, 0.3) is 22.3 Å². The van der Waals surface area contributed by atoms with Gasteiger partial charge in [-0.2, -0.15) is 5.10 Å². The highest BCUT2D eigenvalue weighted by molar-refractivity contribution is 6.06. The summed E-state index contributed by atoms with van der Waals surface area (Å²) < 4.78 is 7.17. The molecular formula is C24H25N5O3. The first kappa shape index (κ1) is 21.3. The monoisotopic (exact) mass is 431 g/mol. The van der Waals surface area contributed by atoms with Crippen LogP contribution in [0, 0.1) is 5.92 Å². The van der Waals surface area contributed by atoms with E-state index < -0.39 is 0 Å². The first-order valence-electron chi connectivity index (χ1n) is 10.5. The minimum Gasteiger partial charge on any atom is -0.467 e. The fourth-order valence-electron chi connectivity index (χ4n) is 3.32. The Hall–Kier alpha value is -3.94. The molecule has 0 atom stereocenters. The highest BCUT2D eigenvalue weighted by atomic mass is 16.3. The maximum Gasteiger partial charge on any atom is 0.252 e. The van der Waals surface area contributed by atoms with Crippen molar-refractivity contribution < 1.29 is 14.0 Å². The van der Waals surface area contributed by atoms with Crippen LogP contribution in [-0.4, -0.2) is 39.7 Å². The topological polar surface area (TPSA) is 102 Å². The second kappa shape index (κ2) is 9.47. The summed E-state index contributed by atoms with van der Waals surface area (Å²) in [7, 11) is 0. The Kier molecular flexibility index (Phi) is 6.30. The van der Waals surface area contributed by atoms with Crippen molar-refractivity contribution in [3.05, 3.63) is 72.3 Å². The summed E-state index contributed by atoms with van der Waals surface area (Å²) in [6, 6.07) is 15.2. The van der Waals surface area contributed by atoms with Gasteiger partial charge in [-0.15, -0.1) is 0 Å². The molecule has 4 aromatic rings. The molecule has 0 fully saturated rings. The lowest BCUT2D eigenvalue weighted by molar-refractivity contribution is -0.123. The fraction of sp³-hybridized carbons (Fsp3) is 0.250. The number of pyridine rings is 1. The fourth-order valence-corrected chi connectivity index (χ4v) is 3.32. The molecule has 1 aromatic carbocycles. The van der Waals surface area contributed by atoms with Crippen LogP contribution in [0.4, 0.5) is 0 Å². The van der Waals surface area contributed by atoms with Crippen LogP contribution in [0.3, 0.4) is 0 Å². The van der Waals surface area contributed by atoms with Gasteiger partial charge in [0.1, 0.15) is 12.3 Å². The van der Waals surface area contributed by atoms with Crippen molar-refractivity contribution >= 4 is 22.8 Å². The summed E-state index contributed by atoms with van der Waals surface area (Å²) in [4.78, 5) is 29.5. The molecular weight excluding hydrogens is 406 g/mol. The predicted molar refractivity (Wildman–Crippen MR) is 121 cm³/mol. The van der Waals surface area contributed by atoms with Crippen molar-refractivity contribution in [1.82, 2.24) is 25.4 Å². The van der Waals surface area contributed by atoms with E-state index in [9.17, 15) is 9.59 Å². The van der Waals surface area contributed by atoms with E-state index >= 15 is 0 Å². The Bertz CT molecular complexity index is 1210. The molecule has 32 heavy (non-hydrogen) atoms. The number of benzene rings is 1. The quantitative estimate of drug-likeness (QED) is 0.417. The van der Waals surface area contributed by atoms with Crippen molar-refractivity contribution in [2.75, 3.05) is 13.1 Å². The summed E-state index contributed by atoms with van der Waals surface area (Å²) >= 11 is 0. The van der Waals surface area contributed by atoms with E-state index in [1.165, 1.54) is 0 Å². The molecule has 0 aliphatic heterocycles. The van der Waals surface area contributed by atoms with Gasteiger partial charge in [0.15, 0.2) is 5.65 Å². The highest BCUT2D eigenvalue weighted by Crippen LogP contribution is 2.25. The zero-order valence-corrected chi connectivity index (χ0v) is 18.0. The van der Waals surface area contributed by atoms with Gasteiger partial charge in [-0.1, -0.05) is 44.2 Å². The highest BCUT2D eigenvalue weighted by Gasteiger charge is 2.18. The molecule has 0 bridgehead atoms. The number of rotatable bonds is 8. The van der Waals surface area contributed by atoms with Gasteiger partial charge in [0.25, 0.3) is 5.91 Å². The minimum absolute atomic E-state index is 0.0453. The third-order valence-corrected chi connectivity index (χ3v) is 5.04. The average Bonchev–Trinajstić information content (AvgIpc) is 3.47. The van der Waals surface area contributed by atoms with E-state index in [0.29, 0.717) is 41.9 Å². The number of furan rings is 1. The van der Waals surface area contributed by atoms with Crippen LogP contribution in [0.15, 0.2) is 65.4 Å². The lowest BCUT2D eigenvalue weighted by Crippen LogP contribution is -2.36. The molecule has 8 heteroatoms. The molecule has 3 heterocycles. The van der Waals surface area contributed by atoms with Crippen molar-refractivity contribution in [2.24, 2.45) is 5.92 Å². The molecule has 0 aliphatic carbocycles. The molecule has 0 saturated heterocycles. The number of fused-ring (bicyclic) bond motifs is 1. The van der Waals surface area contributed by atoms with Crippen molar-refractivity contribution in [1.29, 1.82) is 0 Å². The summed E-state index contributed by atoms with van der Waals surface area (Å²) in [6.07, 6.45) is 3.26. The Morgan fingerprint density at radius 2 is 1.84 bits per heavy atom. The van der Waals surface area contributed by atoms with Gasteiger partial charge in [0.05, 0.1) is 29.1 Å². The number of nitrogens with one attached hydrogen (secondary N) is 2. The van der Waals surface area contributed by atoms with Crippen LogP contribution < -0.4 is 10.6 Å². The van der Waals surface area contributed by atoms with Gasteiger partial charge in [0.2, 0.25) is 5.91 Å². The second-order valence-electron chi connectivity index (χ2n) is 7.74. The molecule has 0 saturated carbocycles. The maximum atomic E-state index is 13.0. The van der Waals surface area contributed by atoms with Gasteiger partial charge in [-0.05, 0) is 18.2 Å². The van der Waals surface area contributed by atoms with Crippen molar-refractivity contribution in [3.8, 4) is 11.3 Å². The molecule has 3 aromatic heterocycles. The van der Waals surface area contributed by atoms with Crippen molar-refractivity contribution in [3.63, 3.8) is 0 Å². The molecule has 4 rings (SSSR count). The Morgan fingerprint density at radius 3 is 2.56 bits per heavy atom. The van der Waals surface area contributed by atoms with Crippen LogP contribution in [0.1, 0.15) is 30.0 Å². The largest absolute Gasteiger partial charge is 0.467 e. The third kappa shape index (κ3) is 4.69. The molecule has 2 amide bonds. The van der Waals surface area contributed by atoms with E-state index in [2.05, 4.69) is 15.7 Å². The van der Waals surface area contributed by atoms with Gasteiger partial charge in [-0.3, -0.25) is 9.59 Å². The second-order valence-corrected chi connectivity index (χ2v) is 7.74. The Balaban J connectivity index is 1.63. The van der Waals surface area contributed by atoms with E-state index in [4.69, 9.17) is 9.40 Å². The standard InChI is InChI=1S/C24H25N5O3/c1-16(2)23(30)25-10-11-26-24(31)19-13-21(17-7-4-3-5-8-17)28-22-20(19)14-27-29(22)15-18-9-6-12-32-18/h3-9,12-14,16H,10-11,15H2,1-2H3,(H,25,30)(H,26,31). The SMILES string of the molecule is CC(C)C(=O)NCCNC(=O)c1cc(-c2ccccc2)nc2c1cnn2Cc1ccco1. The zero-order valence-electron chi connectivity index (χ0n) is 18.0. The van der Waals surface area contributed by atoms with Crippen molar-refractivity contribution in [2.45, 2.75) is 20.4 Å². The number of aromatic nitrogens is 3. The number of amides is 2. The smallest absolute Gasteiger partial charge is 0.252 e. The lowest BCUT2D eigenvalue weighted by atomic mass is 10.1. The number of carbonyl (C=O) groups is 2. The summed E-state index contributed by atoms with van der Waals surface area (Å²) in [5.74, 6) is 0.356. The van der Waals surface area contributed by atoms with Gasteiger partial charge < -0.3 is 15.1 Å². The van der Waals surface area contributed by atoms with Gasteiger partial charge >= 0.3 is 0 Å². The molecule has 2 N–H and O–H groups in total. The minimum atomic E-state index is -0.245. The van der Waals surface area contributed by atoms with Crippen LogP contribution >= 0.6 is 0 Å². The van der Waals surface area contributed by atoms with Crippen LogP contribution in [-0.2, 0) is 11.3 Å². The molecule has 0 spiro atoms. The molecule has 0 unspecified atom stereocenters. The van der Waals surface area contributed by atoms with E-state index in [0.717, 1.165) is 11.3 Å². The molecule has 0 aliphatic rings. The van der Waals surface area contributed by atoms with E-state index in [1.54, 1.807) is 23.2 Å². The number of hydrogen-bond acceptors (Lipinski definition) is 5. The van der Waals surface area contributed by atoms with E-state index in [-0.39, 0.29) is 17.7 Å². The predicted octanol–water partition coefficient (Wildman–Crippen LogP) is 3.24. The zero-order chi connectivity index (χ0) is 22.5. The number of carbonyl (C=O) groups excluding carboxylic acids is 2. The lowest BCUT2D eigenvalue weighted by Gasteiger charge is -2.11. The summed E-state index contributed by atoms with van der Waals surface area (Å²) in [6.45, 7) is 4.74. The maximum absolute atomic E-state index is 13.0. The first-order chi connectivity index (χ1) is 15.5. The Morgan fingerprint density at radius 1 is 1.06 bits per heavy atom. The third-order valence-electron chi connectivity index (χ3n) is 5.04.